The van der Waals surface area contributed by atoms with E-state index in [4.69, 9.17) is 0 Å². The standard InChI is InChI=1S/C9H14N2O4/c1-9(2,3)10-8(14)15-11-6(12)4-5-7(11)13/h4-5H2,1-3H3,(H,10,14). The quantitative estimate of drug-likeness (QED) is 0.647. The van der Waals surface area contributed by atoms with E-state index >= 15 is 0 Å². The van der Waals surface area contributed by atoms with Crippen molar-refractivity contribution in [2.24, 2.45) is 0 Å². The van der Waals surface area contributed by atoms with Crippen molar-refractivity contribution in [3.05, 3.63) is 0 Å². The average molecular weight is 214 g/mol. The van der Waals surface area contributed by atoms with Gasteiger partial charge in [-0.15, -0.1) is 5.06 Å². The van der Waals surface area contributed by atoms with Gasteiger partial charge in [0.15, 0.2) is 0 Å². The molecule has 0 atom stereocenters. The summed E-state index contributed by atoms with van der Waals surface area (Å²) in [6.07, 6.45) is -0.602. The lowest BCUT2D eigenvalue weighted by Gasteiger charge is -2.21. The van der Waals surface area contributed by atoms with Gasteiger partial charge in [-0.3, -0.25) is 9.59 Å². The Bertz CT molecular complexity index is 290. The number of imide groups is 1. The molecule has 0 aromatic rings. The van der Waals surface area contributed by atoms with Crippen LogP contribution in [0.3, 0.4) is 0 Å². The van der Waals surface area contributed by atoms with Crippen molar-refractivity contribution in [3.8, 4) is 0 Å². The second kappa shape index (κ2) is 3.88. The molecule has 0 spiro atoms. The molecule has 1 saturated heterocycles. The van der Waals surface area contributed by atoms with Crippen LogP contribution < -0.4 is 5.32 Å². The first-order valence-corrected chi connectivity index (χ1v) is 4.65. The Morgan fingerprint density at radius 1 is 1.27 bits per heavy atom. The fraction of sp³-hybridized carbons (Fsp3) is 0.667. The van der Waals surface area contributed by atoms with Crippen LogP contribution in [0.5, 0.6) is 0 Å². The number of hydrogen-bond donors (Lipinski definition) is 1. The Hall–Kier alpha value is -1.59. The number of nitrogens with one attached hydrogen (secondary N) is 1. The van der Waals surface area contributed by atoms with Crippen LogP contribution in [0.1, 0.15) is 33.6 Å². The van der Waals surface area contributed by atoms with Crippen molar-refractivity contribution in [2.75, 3.05) is 0 Å². The molecule has 1 fully saturated rings. The molecule has 0 unspecified atom stereocenters. The van der Waals surface area contributed by atoms with E-state index in [1.807, 2.05) is 0 Å². The van der Waals surface area contributed by atoms with E-state index in [0.29, 0.717) is 5.06 Å². The van der Waals surface area contributed by atoms with Crippen molar-refractivity contribution >= 4 is 17.9 Å². The highest BCUT2D eigenvalue weighted by atomic mass is 16.7. The fourth-order valence-corrected chi connectivity index (χ4v) is 1.07. The molecule has 1 aliphatic heterocycles. The second-order valence-corrected chi connectivity index (χ2v) is 4.34. The van der Waals surface area contributed by atoms with Gasteiger partial charge < -0.3 is 10.2 Å². The van der Waals surface area contributed by atoms with E-state index in [1.165, 1.54) is 0 Å². The molecule has 1 N–H and O–H groups in total. The first-order chi connectivity index (χ1) is 6.79. The fourth-order valence-electron chi connectivity index (χ4n) is 1.07. The summed E-state index contributed by atoms with van der Waals surface area (Å²) in [5.74, 6) is -0.965. The molecule has 6 nitrogen and oxygen atoms in total. The largest absolute Gasteiger partial charge is 0.432 e. The first kappa shape index (κ1) is 11.5. The molecule has 0 aromatic heterocycles. The lowest BCUT2D eigenvalue weighted by molar-refractivity contribution is -0.171. The predicted molar refractivity (Wildman–Crippen MR) is 50.5 cm³/mol. The Balaban J connectivity index is 2.51. The monoisotopic (exact) mass is 214 g/mol. The van der Waals surface area contributed by atoms with Crippen LogP contribution in [-0.4, -0.2) is 28.5 Å². The molecule has 1 aliphatic rings. The van der Waals surface area contributed by atoms with Gasteiger partial charge in [0.2, 0.25) is 0 Å². The van der Waals surface area contributed by atoms with Crippen molar-refractivity contribution in [3.63, 3.8) is 0 Å². The molecule has 1 heterocycles. The summed E-state index contributed by atoms with van der Waals surface area (Å²) in [7, 11) is 0. The molecule has 15 heavy (non-hydrogen) atoms. The van der Waals surface area contributed by atoms with E-state index in [0.717, 1.165) is 0 Å². The Labute approximate surface area is 87.5 Å². The Morgan fingerprint density at radius 2 is 1.73 bits per heavy atom. The number of hydroxylamine groups is 2. The number of rotatable bonds is 1. The summed E-state index contributed by atoms with van der Waals surface area (Å²) >= 11 is 0. The maximum absolute atomic E-state index is 11.2. The summed E-state index contributed by atoms with van der Waals surface area (Å²) < 4.78 is 0. The summed E-state index contributed by atoms with van der Waals surface area (Å²) in [5, 5.41) is 2.99. The highest BCUT2D eigenvalue weighted by molar-refractivity contribution is 6.01. The highest BCUT2D eigenvalue weighted by Gasteiger charge is 2.33. The molecule has 1 rings (SSSR count). The van der Waals surface area contributed by atoms with E-state index in [2.05, 4.69) is 10.2 Å². The number of amides is 3. The van der Waals surface area contributed by atoms with Gasteiger partial charge in [-0.1, -0.05) is 0 Å². The summed E-state index contributed by atoms with van der Waals surface area (Å²) in [6.45, 7) is 5.30. The van der Waals surface area contributed by atoms with Crippen molar-refractivity contribution < 1.29 is 19.2 Å². The number of hydrogen-bond acceptors (Lipinski definition) is 4. The Morgan fingerprint density at radius 3 is 2.13 bits per heavy atom. The van der Waals surface area contributed by atoms with Gasteiger partial charge in [0.25, 0.3) is 11.8 Å². The van der Waals surface area contributed by atoms with Gasteiger partial charge in [0.1, 0.15) is 0 Å². The number of nitrogens with zero attached hydrogens (tertiary/aromatic N) is 1. The van der Waals surface area contributed by atoms with Gasteiger partial charge in [-0.05, 0) is 20.8 Å². The predicted octanol–water partition coefficient (Wildman–Crippen LogP) is 0.575. The topological polar surface area (TPSA) is 75.7 Å². The minimum Gasteiger partial charge on any atom is -0.315 e. The second-order valence-electron chi connectivity index (χ2n) is 4.34. The van der Waals surface area contributed by atoms with E-state index in [-0.39, 0.29) is 12.8 Å². The minimum atomic E-state index is -0.800. The van der Waals surface area contributed by atoms with Crippen LogP contribution in [0.4, 0.5) is 4.79 Å². The SMILES string of the molecule is CC(C)(C)NC(=O)ON1C(=O)CCC1=O. The lowest BCUT2D eigenvalue weighted by Crippen LogP contribution is -2.44. The molecule has 0 bridgehead atoms. The third kappa shape index (κ3) is 3.23. The zero-order chi connectivity index (χ0) is 11.6. The van der Waals surface area contributed by atoms with Crippen LogP contribution in [0.2, 0.25) is 0 Å². The maximum atomic E-state index is 11.2. The number of carbonyl (C=O) groups is 3. The van der Waals surface area contributed by atoms with Crippen molar-refractivity contribution in [1.29, 1.82) is 0 Å². The third-order valence-electron chi connectivity index (χ3n) is 1.66. The van der Waals surface area contributed by atoms with Crippen LogP contribution >= 0.6 is 0 Å². The molecule has 0 aromatic carbocycles. The highest BCUT2D eigenvalue weighted by Crippen LogP contribution is 2.12. The summed E-state index contributed by atoms with van der Waals surface area (Å²) in [5.41, 5.74) is -0.469. The summed E-state index contributed by atoms with van der Waals surface area (Å²) in [4.78, 5) is 38.0. The molecular formula is C9H14N2O4. The zero-order valence-corrected chi connectivity index (χ0v) is 8.99. The van der Waals surface area contributed by atoms with Crippen LogP contribution in [-0.2, 0) is 14.4 Å². The van der Waals surface area contributed by atoms with Crippen molar-refractivity contribution in [2.45, 2.75) is 39.2 Å². The third-order valence-corrected chi connectivity index (χ3v) is 1.66. The Kier molecular flexibility index (Phi) is 2.97. The molecule has 0 saturated carbocycles. The van der Waals surface area contributed by atoms with E-state index < -0.39 is 23.4 Å². The number of carbonyl (C=O) groups excluding carboxylic acids is 3. The average Bonchev–Trinajstić information content (AvgIpc) is 2.32. The maximum Gasteiger partial charge on any atom is 0.432 e. The molecule has 0 radical (unpaired) electrons. The van der Waals surface area contributed by atoms with E-state index in [1.54, 1.807) is 20.8 Å². The zero-order valence-electron chi connectivity index (χ0n) is 8.99. The summed E-state index contributed by atoms with van der Waals surface area (Å²) in [6, 6.07) is 0. The van der Waals surface area contributed by atoms with Crippen molar-refractivity contribution in [1.82, 2.24) is 10.4 Å². The molecular weight excluding hydrogens is 200 g/mol. The lowest BCUT2D eigenvalue weighted by atomic mass is 10.1. The van der Waals surface area contributed by atoms with Crippen LogP contribution in [0.25, 0.3) is 0 Å². The van der Waals surface area contributed by atoms with E-state index in [9.17, 15) is 14.4 Å². The molecule has 84 valence electrons. The van der Waals surface area contributed by atoms with Gasteiger partial charge in [0, 0.05) is 18.4 Å². The van der Waals surface area contributed by atoms with Gasteiger partial charge >= 0.3 is 6.09 Å². The molecule has 3 amide bonds. The van der Waals surface area contributed by atoms with Gasteiger partial charge in [0.05, 0.1) is 0 Å². The molecule has 6 heteroatoms. The van der Waals surface area contributed by atoms with Crippen LogP contribution in [0, 0.1) is 0 Å². The normalized spacial score (nSPS) is 16.9. The molecule has 0 aliphatic carbocycles. The smallest absolute Gasteiger partial charge is 0.315 e. The van der Waals surface area contributed by atoms with Crippen LogP contribution in [0.15, 0.2) is 0 Å². The first-order valence-electron chi connectivity index (χ1n) is 4.65. The van der Waals surface area contributed by atoms with Gasteiger partial charge in [-0.2, -0.15) is 0 Å². The minimum absolute atomic E-state index is 0.0988. The van der Waals surface area contributed by atoms with Gasteiger partial charge in [-0.25, -0.2) is 4.79 Å².